The van der Waals surface area contributed by atoms with Crippen LogP contribution in [0, 0.1) is 29.6 Å². The fourth-order valence-electron chi connectivity index (χ4n) is 4.56. The largest absolute Gasteiger partial charge is 0.475 e. The van der Waals surface area contributed by atoms with E-state index in [1.165, 1.54) is 25.3 Å². The van der Waals surface area contributed by atoms with E-state index in [-0.39, 0.29) is 24.1 Å². The molecule has 1 aromatic heterocycles. The number of furan rings is 1. The Kier molecular flexibility index (Phi) is 2.46. The van der Waals surface area contributed by atoms with Gasteiger partial charge in [-0.2, -0.15) is 0 Å². The van der Waals surface area contributed by atoms with Crippen LogP contribution in [0.1, 0.15) is 35.6 Å². The van der Waals surface area contributed by atoms with Crippen LogP contribution in [0.4, 0.5) is 0 Å². The predicted molar refractivity (Wildman–Crippen MR) is 68.8 cm³/mol. The summed E-state index contributed by atoms with van der Waals surface area (Å²) in [5, 5.41) is 11.7. The van der Waals surface area contributed by atoms with Crippen LogP contribution in [0.25, 0.3) is 0 Å². The number of amides is 1. The van der Waals surface area contributed by atoms with Crippen molar-refractivity contribution in [1.29, 1.82) is 0 Å². The highest BCUT2D eigenvalue weighted by atomic mass is 16.4. The third kappa shape index (κ3) is 1.69. The second-order valence-electron chi connectivity index (χ2n) is 6.30. The standard InChI is InChI=1S/C15H17NO4/c17-14(13-11-7-1-2-8(5-7)12(11)13)16-6-9-3-4-10(20-9)15(18)19/h3-4,7-8,11-13H,1-2,5-6H2,(H,16,17)(H,18,19). The van der Waals surface area contributed by atoms with Crippen molar-refractivity contribution in [3.05, 3.63) is 23.7 Å². The van der Waals surface area contributed by atoms with E-state index >= 15 is 0 Å². The number of carboxylic acid groups (broad SMARTS) is 1. The zero-order valence-electron chi connectivity index (χ0n) is 11.0. The molecule has 3 fully saturated rings. The maximum Gasteiger partial charge on any atom is 0.371 e. The molecular weight excluding hydrogens is 258 g/mol. The van der Waals surface area contributed by atoms with Crippen molar-refractivity contribution in [3.8, 4) is 0 Å². The van der Waals surface area contributed by atoms with Crippen molar-refractivity contribution in [2.75, 3.05) is 0 Å². The van der Waals surface area contributed by atoms with E-state index in [4.69, 9.17) is 9.52 Å². The lowest BCUT2D eigenvalue weighted by molar-refractivity contribution is -0.123. The third-order valence-electron chi connectivity index (χ3n) is 5.35. The molecule has 0 aromatic carbocycles. The minimum absolute atomic E-state index is 0.0874. The minimum atomic E-state index is -1.09. The van der Waals surface area contributed by atoms with Crippen LogP contribution in [0.15, 0.2) is 16.5 Å². The van der Waals surface area contributed by atoms with Crippen molar-refractivity contribution in [3.63, 3.8) is 0 Å². The Balaban J connectivity index is 1.34. The maximum absolute atomic E-state index is 12.2. The number of carboxylic acids is 1. The quantitative estimate of drug-likeness (QED) is 0.879. The summed E-state index contributed by atoms with van der Waals surface area (Å²) in [5.74, 6) is 2.45. The van der Waals surface area contributed by atoms with Crippen molar-refractivity contribution in [2.45, 2.75) is 25.8 Å². The third-order valence-corrected chi connectivity index (χ3v) is 5.35. The second-order valence-corrected chi connectivity index (χ2v) is 6.30. The van der Waals surface area contributed by atoms with E-state index in [0.29, 0.717) is 17.6 Å². The molecule has 1 amide bonds. The van der Waals surface area contributed by atoms with Crippen molar-refractivity contribution in [2.24, 2.45) is 29.6 Å². The molecule has 3 saturated carbocycles. The van der Waals surface area contributed by atoms with Crippen LogP contribution in [0.2, 0.25) is 0 Å². The Labute approximate surface area is 116 Å². The van der Waals surface area contributed by atoms with Crippen molar-refractivity contribution >= 4 is 11.9 Å². The molecule has 3 aliphatic carbocycles. The molecule has 0 radical (unpaired) electrons. The monoisotopic (exact) mass is 275 g/mol. The summed E-state index contributed by atoms with van der Waals surface area (Å²) < 4.78 is 5.13. The summed E-state index contributed by atoms with van der Waals surface area (Å²) in [5.41, 5.74) is 0. The van der Waals surface area contributed by atoms with Crippen molar-refractivity contribution in [1.82, 2.24) is 5.32 Å². The molecule has 20 heavy (non-hydrogen) atoms. The smallest absolute Gasteiger partial charge is 0.371 e. The summed E-state index contributed by atoms with van der Waals surface area (Å²) in [4.78, 5) is 22.9. The number of fused-ring (bicyclic) bond motifs is 5. The number of hydrogen-bond acceptors (Lipinski definition) is 3. The Bertz CT molecular complexity index is 562. The Morgan fingerprint density at radius 1 is 1.25 bits per heavy atom. The fourth-order valence-corrected chi connectivity index (χ4v) is 4.56. The molecule has 5 nitrogen and oxygen atoms in total. The van der Waals surface area contributed by atoms with Crippen LogP contribution < -0.4 is 5.32 Å². The van der Waals surface area contributed by atoms with Crippen LogP contribution in [-0.2, 0) is 11.3 Å². The molecule has 2 bridgehead atoms. The number of carbonyl (C=O) groups excluding carboxylic acids is 1. The zero-order chi connectivity index (χ0) is 13.9. The van der Waals surface area contributed by atoms with Gasteiger partial charge >= 0.3 is 5.97 Å². The normalized spacial score (nSPS) is 36.7. The minimum Gasteiger partial charge on any atom is -0.475 e. The molecule has 1 heterocycles. The molecule has 3 aliphatic rings. The van der Waals surface area contributed by atoms with E-state index in [1.54, 1.807) is 6.07 Å². The van der Waals surface area contributed by atoms with E-state index < -0.39 is 5.97 Å². The van der Waals surface area contributed by atoms with Gasteiger partial charge in [-0.05, 0) is 55.1 Å². The van der Waals surface area contributed by atoms with Gasteiger partial charge < -0.3 is 14.8 Å². The van der Waals surface area contributed by atoms with Crippen LogP contribution in [0.5, 0.6) is 0 Å². The van der Waals surface area contributed by atoms with Crippen molar-refractivity contribution < 1.29 is 19.1 Å². The first-order chi connectivity index (χ1) is 9.65. The van der Waals surface area contributed by atoms with Gasteiger partial charge in [0.25, 0.3) is 0 Å². The Morgan fingerprint density at radius 2 is 1.95 bits per heavy atom. The maximum atomic E-state index is 12.2. The SMILES string of the molecule is O=C(O)c1ccc(CNC(=O)C2C3C4CCC(C4)C23)o1. The van der Waals surface area contributed by atoms with Gasteiger partial charge in [-0.1, -0.05) is 0 Å². The molecule has 0 saturated heterocycles. The van der Waals surface area contributed by atoms with Gasteiger partial charge in [0.15, 0.2) is 0 Å². The molecule has 4 rings (SSSR count). The van der Waals surface area contributed by atoms with Gasteiger partial charge in [0.2, 0.25) is 11.7 Å². The molecule has 0 spiro atoms. The lowest BCUT2D eigenvalue weighted by Crippen LogP contribution is -2.26. The summed E-state index contributed by atoms with van der Waals surface area (Å²) in [6, 6.07) is 3.01. The van der Waals surface area contributed by atoms with Crippen LogP contribution in [-0.4, -0.2) is 17.0 Å². The number of aromatic carboxylic acids is 1. The van der Waals surface area contributed by atoms with Gasteiger partial charge in [0.1, 0.15) is 5.76 Å². The van der Waals surface area contributed by atoms with Crippen LogP contribution >= 0.6 is 0 Å². The molecule has 1 aromatic rings. The average Bonchev–Trinajstić information content (AvgIpc) is 2.84. The topological polar surface area (TPSA) is 79.5 Å². The summed E-state index contributed by atoms with van der Waals surface area (Å²) in [6.45, 7) is 0.275. The molecule has 106 valence electrons. The molecule has 2 N–H and O–H groups in total. The molecular formula is C15H17NO4. The number of hydrogen-bond donors (Lipinski definition) is 2. The molecule has 5 heteroatoms. The van der Waals surface area contributed by atoms with E-state index in [2.05, 4.69) is 5.32 Å². The van der Waals surface area contributed by atoms with Gasteiger partial charge in [-0.3, -0.25) is 4.79 Å². The summed E-state index contributed by atoms with van der Waals surface area (Å²) in [7, 11) is 0. The molecule has 4 atom stereocenters. The number of carbonyl (C=O) groups is 2. The highest BCUT2D eigenvalue weighted by Crippen LogP contribution is 2.69. The van der Waals surface area contributed by atoms with E-state index in [9.17, 15) is 9.59 Å². The first-order valence-corrected chi connectivity index (χ1v) is 7.25. The summed E-state index contributed by atoms with van der Waals surface area (Å²) in [6.07, 6.45) is 3.94. The number of nitrogens with one attached hydrogen (secondary N) is 1. The first-order valence-electron chi connectivity index (χ1n) is 7.25. The number of rotatable bonds is 4. The highest BCUT2D eigenvalue weighted by molar-refractivity contribution is 5.84. The van der Waals surface area contributed by atoms with Gasteiger partial charge in [0.05, 0.1) is 6.54 Å². The van der Waals surface area contributed by atoms with Gasteiger partial charge in [-0.25, -0.2) is 4.79 Å². The van der Waals surface area contributed by atoms with Gasteiger partial charge in [0, 0.05) is 5.92 Å². The molecule has 0 aliphatic heterocycles. The average molecular weight is 275 g/mol. The lowest BCUT2D eigenvalue weighted by atomic mass is 10.0. The Morgan fingerprint density at radius 3 is 2.55 bits per heavy atom. The lowest BCUT2D eigenvalue weighted by Gasteiger charge is -2.08. The fraction of sp³-hybridized carbons (Fsp3) is 0.600. The second kappa shape index (κ2) is 4.11. The summed E-state index contributed by atoms with van der Waals surface area (Å²) >= 11 is 0. The highest BCUT2D eigenvalue weighted by Gasteiger charge is 2.67. The zero-order valence-corrected chi connectivity index (χ0v) is 11.0. The van der Waals surface area contributed by atoms with E-state index in [0.717, 1.165) is 11.8 Å². The Hall–Kier alpha value is -1.78. The predicted octanol–water partition coefficient (Wildman–Crippen LogP) is 1.89. The molecule has 4 unspecified atom stereocenters. The van der Waals surface area contributed by atoms with Crippen LogP contribution in [0.3, 0.4) is 0 Å². The van der Waals surface area contributed by atoms with E-state index in [1.807, 2.05) is 0 Å². The first kappa shape index (κ1) is 12.0. The van der Waals surface area contributed by atoms with Gasteiger partial charge in [-0.15, -0.1) is 0 Å².